The van der Waals surface area contributed by atoms with E-state index in [2.05, 4.69) is 24.2 Å². The largest absolute Gasteiger partial charge is 0.496 e. The van der Waals surface area contributed by atoms with Crippen LogP contribution in [0.25, 0.3) is 10.9 Å². The monoisotopic (exact) mass is 302 g/mol. The Balaban J connectivity index is 1.90. The summed E-state index contributed by atoms with van der Waals surface area (Å²) >= 11 is 1.51. The standard InChI is InChI=1S/C16H18N2O2S/c1-3-18-14-7-5-4-6-12(14)13(17-18)9-15(19)16-8-11(20-2)10-21-16/h4-8,10,15,19H,3,9H2,1-2H3. The first kappa shape index (κ1) is 14.1. The highest BCUT2D eigenvalue weighted by atomic mass is 32.1. The number of hydrogen-bond donors (Lipinski definition) is 1. The van der Waals surface area contributed by atoms with E-state index in [9.17, 15) is 5.11 Å². The minimum Gasteiger partial charge on any atom is -0.496 e. The van der Waals surface area contributed by atoms with Crippen molar-refractivity contribution < 1.29 is 9.84 Å². The number of aryl methyl sites for hydroxylation is 1. The molecular formula is C16H18N2O2S. The Morgan fingerprint density at radius 3 is 2.90 bits per heavy atom. The third kappa shape index (κ3) is 2.66. The summed E-state index contributed by atoms with van der Waals surface area (Å²) in [4.78, 5) is 0.905. The molecule has 0 aliphatic rings. The fourth-order valence-electron chi connectivity index (χ4n) is 2.49. The number of para-hydroxylation sites is 1. The molecule has 2 aromatic heterocycles. The Bertz CT molecular complexity index is 748. The lowest BCUT2D eigenvalue weighted by Crippen LogP contribution is -2.02. The smallest absolute Gasteiger partial charge is 0.129 e. The molecule has 0 amide bonds. The van der Waals surface area contributed by atoms with E-state index >= 15 is 0 Å². The van der Waals surface area contributed by atoms with Crippen LogP contribution in [0, 0.1) is 0 Å². The minimum absolute atomic E-state index is 0.511. The van der Waals surface area contributed by atoms with Gasteiger partial charge in [0.25, 0.3) is 0 Å². The molecular weight excluding hydrogens is 284 g/mol. The van der Waals surface area contributed by atoms with Gasteiger partial charge in [0, 0.05) is 28.6 Å². The first-order valence-corrected chi connectivity index (χ1v) is 7.85. The van der Waals surface area contributed by atoms with Crippen molar-refractivity contribution in [2.45, 2.75) is 26.0 Å². The lowest BCUT2D eigenvalue weighted by atomic mass is 10.1. The zero-order chi connectivity index (χ0) is 14.8. The minimum atomic E-state index is -0.553. The summed E-state index contributed by atoms with van der Waals surface area (Å²) in [7, 11) is 1.63. The number of aromatic nitrogens is 2. The molecule has 0 aliphatic heterocycles. The number of aliphatic hydroxyl groups is 1. The molecule has 110 valence electrons. The Hall–Kier alpha value is -1.85. The maximum atomic E-state index is 10.4. The van der Waals surface area contributed by atoms with Crippen LogP contribution in [0.2, 0.25) is 0 Å². The zero-order valence-corrected chi connectivity index (χ0v) is 12.9. The van der Waals surface area contributed by atoms with Gasteiger partial charge in [-0.3, -0.25) is 4.68 Å². The molecule has 0 fully saturated rings. The van der Waals surface area contributed by atoms with Gasteiger partial charge in [-0.05, 0) is 19.1 Å². The highest BCUT2D eigenvalue weighted by molar-refractivity contribution is 7.10. The molecule has 0 saturated carbocycles. The predicted octanol–water partition coefficient (Wildman–Crippen LogP) is 3.40. The van der Waals surface area contributed by atoms with Gasteiger partial charge >= 0.3 is 0 Å². The van der Waals surface area contributed by atoms with Crippen molar-refractivity contribution in [1.29, 1.82) is 0 Å². The van der Waals surface area contributed by atoms with Crippen LogP contribution in [0.5, 0.6) is 5.75 Å². The van der Waals surface area contributed by atoms with E-state index in [0.29, 0.717) is 6.42 Å². The van der Waals surface area contributed by atoms with Gasteiger partial charge in [-0.1, -0.05) is 18.2 Å². The maximum absolute atomic E-state index is 10.4. The van der Waals surface area contributed by atoms with E-state index in [4.69, 9.17) is 4.74 Å². The SMILES string of the molecule is CCn1nc(CC(O)c2cc(OC)cs2)c2ccccc21. The summed E-state index contributed by atoms with van der Waals surface area (Å²) in [5.74, 6) is 0.790. The molecule has 3 aromatic rings. The number of ether oxygens (including phenoxy) is 1. The van der Waals surface area contributed by atoms with Gasteiger partial charge in [-0.15, -0.1) is 11.3 Å². The number of benzene rings is 1. The normalized spacial score (nSPS) is 12.7. The second-order valence-corrected chi connectivity index (χ2v) is 5.83. The van der Waals surface area contributed by atoms with Crippen LogP contribution >= 0.6 is 11.3 Å². The second-order valence-electron chi connectivity index (χ2n) is 4.89. The van der Waals surface area contributed by atoms with Gasteiger partial charge in [0.05, 0.1) is 24.4 Å². The third-order valence-electron chi connectivity index (χ3n) is 3.58. The van der Waals surface area contributed by atoms with Crippen molar-refractivity contribution in [1.82, 2.24) is 9.78 Å². The summed E-state index contributed by atoms with van der Waals surface area (Å²) in [6, 6.07) is 10.0. The Morgan fingerprint density at radius 1 is 1.38 bits per heavy atom. The van der Waals surface area contributed by atoms with E-state index in [1.54, 1.807) is 7.11 Å². The first-order chi connectivity index (χ1) is 10.2. The van der Waals surface area contributed by atoms with Crippen molar-refractivity contribution in [3.63, 3.8) is 0 Å². The highest BCUT2D eigenvalue weighted by Crippen LogP contribution is 2.30. The van der Waals surface area contributed by atoms with Crippen molar-refractivity contribution in [3.8, 4) is 5.75 Å². The number of rotatable bonds is 5. The second kappa shape index (κ2) is 5.87. The molecule has 5 heteroatoms. The van der Waals surface area contributed by atoms with E-state index in [-0.39, 0.29) is 0 Å². The van der Waals surface area contributed by atoms with E-state index in [0.717, 1.165) is 33.8 Å². The molecule has 0 radical (unpaired) electrons. The number of thiophene rings is 1. The summed E-state index contributed by atoms with van der Waals surface area (Å²) in [5, 5.41) is 18.1. The number of aliphatic hydroxyl groups excluding tert-OH is 1. The van der Waals surface area contributed by atoms with Gasteiger partial charge in [-0.2, -0.15) is 5.10 Å². The molecule has 0 bridgehead atoms. The average molecular weight is 302 g/mol. The highest BCUT2D eigenvalue weighted by Gasteiger charge is 2.16. The summed E-state index contributed by atoms with van der Waals surface area (Å²) in [6.07, 6.45) is -0.0421. The van der Waals surface area contributed by atoms with Crippen molar-refractivity contribution >= 4 is 22.2 Å². The first-order valence-electron chi connectivity index (χ1n) is 6.97. The molecule has 3 rings (SSSR count). The van der Waals surface area contributed by atoms with Crippen LogP contribution in [0.1, 0.15) is 23.6 Å². The van der Waals surface area contributed by atoms with E-state index < -0.39 is 6.10 Å². The summed E-state index contributed by atoms with van der Waals surface area (Å²) < 4.78 is 7.15. The van der Waals surface area contributed by atoms with Crippen LogP contribution in [0.15, 0.2) is 35.7 Å². The van der Waals surface area contributed by atoms with Gasteiger partial charge in [0.2, 0.25) is 0 Å². The van der Waals surface area contributed by atoms with E-state index in [1.807, 2.05) is 28.3 Å². The van der Waals surface area contributed by atoms with Crippen LogP contribution in [-0.4, -0.2) is 22.0 Å². The van der Waals surface area contributed by atoms with Gasteiger partial charge < -0.3 is 9.84 Å². The van der Waals surface area contributed by atoms with Crippen LogP contribution in [0.4, 0.5) is 0 Å². The Kier molecular flexibility index (Phi) is 3.94. The van der Waals surface area contributed by atoms with Gasteiger partial charge in [0.15, 0.2) is 0 Å². The molecule has 0 saturated heterocycles. The summed E-state index contributed by atoms with van der Waals surface area (Å²) in [6.45, 7) is 2.90. The quantitative estimate of drug-likeness (QED) is 0.785. The van der Waals surface area contributed by atoms with Crippen molar-refractivity contribution in [2.75, 3.05) is 7.11 Å². The van der Waals surface area contributed by atoms with Crippen molar-refractivity contribution in [2.24, 2.45) is 0 Å². The van der Waals surface area contributed by atoms with Crippen LogP contribution < -0.4 is 4.74 Å². The maximum Gasteiger partial charge on any atom is 0.129 e. The lowest BCUT2D eigenvalue weighted by molar-refractivity contribution is 0.181. The predicted molar refractivity (Wildman–Crippen MR) is 84.9 cm³/mol. The van der Waals surface area contributed by atoms with Gasteiger partial charge in [0.1, 0.15) is 5.75 Å². The van der Waals surface area contributed by atoms with Crippen molar-refractivity contribution in [3.05, 3.63) is 46.3 Å². The molecule has 1 atom stereocenters. The molecule has 1 N–H and O–H groups in total. The van der Waals surface area contributed by atoms with Gasteiger partial charge in [-0.25, -0.2) is 0 Å². The molecule has 0 aliphatic carbocycles. The fraction of sp³-hybridized carbons (Fsp3) is 0.312. The Morgan fingerprint density at radius 2 is 2.19 bits per heavy atom. The van der Waals surface area contributed by atoms with Crippen LogP contribution in [-0.2, 0) is 13.0 Å². The molecule has 21 heavy (non-hydrogen) atoms. The lowest BCUT2D eigenvalue weighted by Gasteiger charge is -2.06. The topological polar surface area (TPSA) is 47.3 Å². The van der Waals surface area contributed by atoms with E-state index in [1.165, 1.54) is 11.3 Å². The average Bonchev–Trinajstić information content (AvgIpc) is 3.12. The number of methoxy groups -OCH3 is 1. The summed E-state index contributed by atoms with van der Waals surface area (Å²) in [5.41, 5.74) is 2.05. The molecule has 0 spiro atoms. The zero-order valence-electron chi connectivity index (χ0n) is 12.1. The molecule has 1 aromatic carbocycles. The third-order valence-corrected chi connectivity index (χ3v) is 4.59. The molecule has 2 heterocycles. The van der Waals surface area contributed by atoms with Crippen LogP contribution in [0.3, 0.4) is 0 Å². The number of nitrogens with zero attached hydrogens (tertiary/aromatic N) is 2. The molecule has 4 nitrogen and oxygen atoms in total. The number of fused-ring (bicyclic) bond motifs is 1. The fourth-order valence-corrected chi connectivity index (χ4v) is 3.33. The molecule has 1 unspecified atom stereocenters. The Labute approximate surface area is 127 Å². The number of hydrogen-bond acceptors (Lipinski definition) is 4.